The van der Waals surface area contributed by atoms with Gasteiger partial charge in [-0.2, -0.15) is 0 Å². The van der Waals surface area contributed by atoms with Crippen molar-refractivity contribution in [3.8, 4) is 0 Å². The Kier molecular flexibility index (Phi) is 5.27. The first-order valence-electron chi connectivity index (χ1n) is 11.2. The number of cyclic esters (lactones) is 1. The average Bonchev–Trinajstić information content (AvgIpc) is 3.24. The maximum Gasteiger partial charge on any atom is 0.417 e. The van der Waals surface area contributed by atoms with E-state index in [-0.39, 0.29) is 11.3 Å². The first kappa shape index (κ1) is 22.6. The molecular weight excluding hydrogens is 412 g/mol. The minimum Gasteiger partial charge on any atom is -0.465 e. The fourth-order valence-electron chi connectivity index (χ4n) is 6.01. The highest BCUT2D eigenvalue weighted by Gasteiger charge is 2.72. The van der Waals surface area contributed by atoms with Crippen LogP contribution in [0.15, 0.2) is 30.3 Å². The summed E-state index contributed by atoms with van der Waals surface area (Å²) < 4.78 is 5.47. The Morgan fingerprint density at radius 1 is 1.22 bits per heavy atom. The summed E-state index contributed by atoms with van der Waals surface area (Å²) in [6.45, 7) is 9.33. The lowest BCUT2D eigenvalue weighted by Gasteiger charge is -2.42. The summed E-state index contributed by atoms with van der Waals surface area (Å²) in [6.07, 6.45) is -2.36. The van der Waals surface area contributed by atoms with Crippen molar-refractivity contribution >= 4 is 18.1 Å². The number of rotatable bonds is 4. The van der Waals surface area contributed by atoms with Crippen LogP contribution < -0.4 is 0 Å². The van der Waals surface area contributed by atoms with Crippen molar-refractivity contribution in [1.29, 1.82) is 0 Å². The molecule has 3 fully saturated rings. The van der Waals surface area contributed by atoms with Crippen LogP contribution in [0.5, 0.6) is 0 Å². The van der Waals surface area contributed by atoms with Gasteiger partial charge in [0, 0.05) is 0 Å². The third-order valence-electron chi connectivity index (χ3n) is 7.80. The lowest BCUT2D eigenvalue weighted by molar-refractivity contribution is -0.138. The summed E-state index contributed by atoms with van der Waals surface area (Å²) in [7, 11) is 0. The molecule has 32 heavy (non-hydrogen) atoms. The second-order valence-corrected chi connectivity index (χ2v) is 10.5. The second kappa shape index (κ2) is 7.47. The van der Waals surface area contributed by atoms with E-state index in [9.17, 15) is 24.6 Å². The van der Waals surface area contributed by atoms with Gasteiger partial charge in [0.2, 0.25) is 5.91 Å². The van der Waals surface area contributed by atoms with Crippen LogP contribution in [0, 0.1) is 17.3 Å². The molecule has 2 aliphatic heterocycles. The molecule has 1 aliphatic carbocycles. The largest absolute Gasteiger partial charge is 0.465 e. The molecule has 0 unspecified atom stereocenters. The van der Waals surface area contributed by atoms with Gasteiger partial charge in [0.25, 0.3) is 0 Å². The van der Waals surface area contributed by atoms with Crippen molar-refractivity contribution in [3.05, 3.63) is 35.9 Å². The van der Waals surface area contributed by atoms with Crippen LogP contribution in [0.1, 0.15) is 59.1 Å². The van der Waals surface area contributed by atoms with Crippen LogP contribution >= 0.6 is 0 Å². The van der Waals surface area contributed by atoms with Gasteiger partial charge in [-0.3, -0.25) is 9.69 Å². The number of carbonyl (C=O) groups is 3. The van der Waals surface area contributed by atoms with Crippen molar-refractivity contribution in [2.24, 2.45) is 17.3 Å². The number of likely N-dealkylation sites (tertiary alicyclic amines) is 1. The van der Waals surface area contributed by atoms with Gasteiger partial charge in [0.15, 0.2) is 0 Å². The quantitative estimate of drug-likeness (QED) is 0.734. The Labute approximate surface area is 188 Å². The number of benzene rings is 1. The summed E-state index contributed by atoms with van der Waals surface area (Å²) in [5.41, 5.74) is -0.0173. The van der Waals surface area contributed by atoms with Crippen molar-refractivity contribution in [3.63, 3.8) is 0 Å². The SMILES string of the molecule is C[C@@H]1[C@H](c2ccccc2)OC(=O)N1C(=O)[C@H](C)[C@@H](O)[C@@H]1C[C@H]2C[C@]2(C(C)(C)C)N1C(=O)O. The minimum absolute atomic E-state index is 0.165. The lowest BCUT2D eigenvalue weighted by atomic mass is 9.82. The predicted octanol–water partition coefficient (Wildman–Crippen LogP) is 3.65. The van der Waals surface area contributed by atoms with E-state index in [4.69, 9.17) is 4.74 Å². The smallest absolute Gasteiger partial charge is 0.417 e. The number of fused-ring (bicyclic) bond motifs is 1. The molecule has 1 saturated carbocycles. The van der Waals surface area contributed by atoms with Crippen molar-refractivity contribution in [1.82, 2.24) is 9.80 Å². The second-order valence-electron chi connectivity index (χ2n) is 10.5. The van der Waals surface area contributed by atoms with Crippen LogP contribution in [-0.2, 0) is 9.53 Å². The maximum absolute atomic E-state index is 13.3. The molecule has 2 saturated heterocycles. The van der Waals surface area contributed by atoms with Crippen LogP contribution in [0.25, 0.3) is 0 Å². The molecule has 0 aromatic heterocycles. The van der Waals surface area contributed by atoms with E-state index in [0.29, 0.717) is 6.42 Å². The molecule has 0 spiro atoms. The van der Waals surface area contributed by atoms with Gasteiger partial charge < -0.3 is 14.9 Å². The zero-order valence-electron chi connectivity index (χ0n) is 19.2. The molecule has 3 amide bonds. The number of amides is 3. The number of aliphatic hydroxyl groups excluding tert-OH is 1. The Morgan fingerprint density at radius 3 is 2.41 bits per heavy atom. The topological polar surface area (TPSA) is 107 Å². The Balaban J connectivity index is 1.53. The maximum atomic E-state index is 13.3. The number of hydrogen-bond acceptors (Lipinski definition) is 5. The molecule has 4 rings (SSSR count). The fourth-order valence-corrected chi connectivity index (χ4v) is 6.01. The van der Waals surface area contributed by atoms with Gasteiger partial charge in [-0.05, 0) is 36.7 Å². The molecule has 2 heterocycles. The Morgan fingerprint density at radius 2 is 1.84 bits per heavy atom. The zero-order valence-corrected chi connectivity index (χ0v) is 19.2. The summed E-state index contributed by atoms with van der Waals surface area (Å²) in [5, 5.41) is 21.1. The third-order valence-corrected chi connectivity index (χ3v) is 7.80. The van der Waals surface area contributed by atoms with E-state index in [1.807, 2.05) is 51.1 Å². The fraction of sp³-hybridized carbons (Fsp3) is 0.625. The molecular formula is C24H32N2O6. The highest BCUT2D eigenvalue weighted by atomic mass is 16.6. The van der Waals surface area contributed by atoms with Crippen LogP contribution in [0.2, 0.25) is 0 Å². The number of hydrogen-bond donors (Lipinski definition) is 2. The lowest BCUT2D eigenvalue weighted by Crippen LogP contribution is -2.57. The zero-order chi connectivity index (χ0) is 23.6. The molecule has 2 N–H and O–H groups in total. The molecule has 7 atom stereocenters. The Bertz CT molecular complexity index is 928. The van der Waals surface area contributed by atoms with Gasteiger partial charge in [-0.15, -0.1) is 0 Å². The standard InChI is InChI=1S/C24H32N2O6/c1-13(18(27)17-11-16-12-24(16,23(3,4)5)26(17)21(29)30)20(28)25-14(2)19(32-22(25)31)15-9-7-6-8-10-15/h6-10,13-14,16-19,27H,11-12H2,1-5H3,(H,29,30)/t13-,14-,16+,17+,18-,19-,24+/m1/s1. The van der Waals surface area contributed by atoms with Gasteiger partial charge in [0.05, 0.1) is 29.6 Å². The predicted molar refractivity (Wildman–Crippen MR) is 116 cm³/mol. The number of aliphatic hydroxyl groups is 1. The average molecular weight is 445 g/mol. The van der Waals surface area contributed by atoms with Gasteiger partial charge in [-0.1, -0.05) is 58.0 Å². The highest BCUT2D eigenvalue weighted by Crippen LogP contribution is 2.66. The molecule has 0 bridgehead atoms. The summed E-state index contributed by atoms with van der Waals surface area (Å²) in [4.78, 5) is 40.5. The van der Waals surface area contributed by atoms with E-state index in [2.05, 4.69) is 0 Å². The number of ether oxygens (including phenoxy) is 1. The van der Waals surface area contributed by atoms with Gasteiger partial charge >= 0.3 is 12.2 Å². The third kappa shape index (κ3) is 3.18. The van der Waals surface area contributed by atoms with E-state index >= 15 is 0 Å². The van der Waals surface area contributed by atoms with Crippen molar-refractivity contribution in [2.45, 2.75) is 77.3 Å². The minimum atomic E-state index is -1.22. The number of carboxylic acid groups (broad SMARTS) is 1. The molecule has 8 heteroatoms. The number of carbonyl (C=O) groups excluding carboxylic acids is 2. The molecule has 1 aromatic rings. The van der Waals surface area contributed by atoms with E-state index in [0.717, 1.165) is 16.9 Å². The number of imide groups is 1. The molecule has 1 aromatic carbocycles. The van der Waals surface area contributed by atoms with Crippen LogP contribution in [0.4, 0.5) is 9.59 Å². The number of piperidine rings is 1. The Hall–Kier alpha value is -2.61. The van der Waals surface area contributed by atoms with E-state index in [1.54, 1.807) is 13.8 Å². The summed E-state index contributed by atoms with van der Waals surface area (Å²) in [5.74, 6) is -1.34. The highest BCUT2D eigenvalue weighted by molar-refractivity contribution is 5.95. The summed E-state index contributed by atoms with van der Waals surface area (Å²) in [6, 6.07) is 7.97. The van der Waals surface area contributed by atoms with Crippen LogP contribution in [-0.4, -0.2) is 61.8 Å². The van der Waals surface area contributed by atoms with Crippen molar-refractivity contribution < 1.29 is 29.3 Å². The first-order chi connectivity index (χ1) is 14.9. The van der Waals surface area contributed by atoms with E-state index < -0.39 is 53.8 Å². The monoisotopic (exact) mass is 444 g/mol. The molecule has 8 nitrogen and oxygen atoms in total. The van der Waals surface area contributed by atoms with Crippen molar-refractivity contribution in [2.75, 3.05) is 0 Å². The molecule has 0 radical (unpaired) electrons. The first-order valence-corrected chi connectivity index (χ1v) is 11.2. The molecule has 3 aliphatic rings. The van der Waals surface area contributed by atoms with Gasteiger partial charge in [0.1, 0.15) is 6.10 Å². The summed E-state index contributed by atoms with van der Waals surface area (Å²) >= 11 is 0. The van der Waals surface area contributed by atoms with Crippen LogP contribution in [0.3, 0.4) is 0 Å². The number of nitrogens with zero attached hydrogens (tertiary/aromatic N) is 2. The van der Waals surface area contributed by atoms with E-state index in [1.165, 1.54) is 4.90 Å². The normalized spacial score (nSPS) is 33.5. The van der Waals surface area contributed by atoms with Gasteiger partial charge in [-0.25, -0.2) is 14.5 Å². The molecule has 174 valence electrons.